The van der Waals surface area contributed by atoms with E-state index in [1.807, 2.05) is 30.0 Å². The summed E-state index contributed by atoms with van der Waals surface area (Å²) in [6, 6.07) is 3.79. The van der Waals surface area contributed by atoms with E-state index in [1.165, 1.54) is 10.7 Å². The molecule has 3 aromatic heterocycles. The lowest BCUT2D eigenvalue weighted by Gasteiger charge is -2.18. The number of carboxylic acid groups (broad SMARTS) is 1. The molecule has 31 heavy (non-hydrogen) atoms. The van der Waals surface area contributed by atoms with Gasteiger partial charge in [-0.15, -0.1) is 11.3 Å². The lowest BCUT2D eigenvalue weighted by Crippen LogP contribution is -2.23. The van der Waals surface area contributed by atoms with Gasteiger partial charge in [0, 0.05) is 31.2 Å². The van der Waals surface area contributed by atoms with Gasteiger partial charge in [0.25, 0.3) is 0 Å². The summed E-state index contributed by atoms with van der Waals surface area (Å²) in [6.07, 6.45) is 1.52. The number of carbonyl (C=O) groups is 1. The van der Waals surface area contributed by atoms with Gasteiger partial charge in [0.15, 0.2) is 0 Å². The maximum absolute atomic E-state index is 10.6. The third-order valence-corrected chi connectivity index (χ3v) is 5.19. The number of nitrogens with zero attached hydrogens (tertiary/aromatic N) is 4. The van der Waals surface area contributed by atoms with Gasteiger partial charge in [-0.1, -0.05) is 0 Å². The van der Waals surface area contributed by atoms with Crippen molar-refractivity contribution in [1.29, 1.82) is 0 Å². The fraction of sp³-hybridized carbons (Fsp3) is 0.421. The summed E-state index contributed by atoms with van der Waals surface area (Å²) in [5.74, 6) is -1.92. The van der Waals surface area contributed by atoms with Crippen LogP contribution in [0.3, 0.4) is 0 Å². The number of furan rings is 1. The number of carboxylic acids is 1. The molecule has 1 N–H and O–H groups in total. The molecule has 0 saturated heterocycles. The normalized spacial score (nSPS) is 14.4. The number of fused-ring (bicyclic) bond motifs is 1. The van der Waals surface area contributed by atoms with Gasteiger partial charge in [-0.3, -0.25) is 4.90 Å². The Morgan fingerprint density at radius 1 is 1.29 bits per heavy atom. The monoisotopic (exact) mass is 458 g/mol. The van der Waals surface area contributed by atoms with Gasteiger partial charge in [0.2, 0.25) is 0 Å². The van der Waals surface area contributed by atoms with E-state index >= 15 is 0 Å². The first kappa shape index (κ1) is 23.0. The van der Waals surface area contributed by atoms with Crippen LogP contribution in [0.4, 0.5) is 13.2 Å². The second-order valence-corrected chi connectivity index (χ2v) is 7.68. The number of hydrogen-bond donors (Lipinski definition) is 1. The molecule has 0 amide bonds. The summed E-state index contributed by atoms with van der Waals surface area (Å²) in [5, 5.41) is 10.3. The van der Waals surface area contributed by atoms with Crippen molar-refractivity contribution in [3.05, 3.63) is 58.5 Å². The largest absolute Gasteiger partial charge is 0.490 e. The summed E-state index contributed by atoms with van der Waals surface area (Å²) >= 11 is 1.71. The highest BCUT2D eigenvalue weighted by atomic mass is 32.1. The molecule has 0 unspecified atom stereocenters. The van der Waals surface area contributed by atoms with Gasteiger partial charge < -0.3 is 18.8 Å². The van der Waals surface area contributed by atoms with Crippen molar-refractivity contribution >= 4 is 17.3 Å². The Labute approximate surface area is 179 Å². The van der Waals surface area contributed by atoms with Crippen molar-refractivity contribution in [1.82, 2.24) is 19.4 Å². The van der Waals surface area contributed by atoms with Crippen LogP contribution in [0, 0.1) is 0 Å². The van der Waals surface area contributed by atoms with E-state index in [0.717, 1.165) is 44.1 Å². The fourth-order valence-corrected chi connectivity index (χ4v) is 3.66. The molecule has 4 rings (SSSR count). The van der Waals surface area contributed by atoms with Crippen LogP contribution in [0.15, 0.2) is 40.7 Å². The number of ether oxygens (including phenoxy) is 1. The van der Waals surface area contributed by atoms with Crippen LogP contribution in [0.2, 0.25) is 0 Å². The van der Waals surface area contributed by atoms with E-state index in [1.54, 1.807) is 17.6 Å². The van der Waals surface area contributed by atoms with Gasteiger partial charge >= 0.3 is 12.1 Å². The van der Waals surface area contributed by atoms with Crippen LogP contribution in [-0.4, -0.2) is 43.2 Å². The van der Waals surface area contributed by atoms with Gasteiger partial charge in [-0.2, -0.15) is 13.2 Å². The van der Waals surface area contributed by atoms with E-state index in [4.69, 9.17) is 19.1 Å². The van der Waals surface area contributed by atoms with Crippen molar-refractivity contribution in [3.63, 3.8) is 0 Å². The Balaban J connectivity index is 0.000000339. The summed E-state index contributed by atoms with van der Waals surface area (Å²) in [5.41, 5.74) is 2.27. The highest BCUT2D eigenvalue weighted by Gasteiger charge is 2.38. The zero-order valence-corrected chi connectivity index (χ0v) is 17.2. The molecule has 0 bridgehead atoms. The van der Waals surface area contributed by atoms with Crippen molar-refractivity contribution in [2.45, 2.75) is 45.4 Å². The third-order valence-electron chi connectivity index (χ3n) is 4.43. The molecule has 1 aliphatic heterocycles. The second kappa shape index (κ2) is 10.6. The van der Waals surface area contributed by atoms with Crippen LogP contribution in [-0.2, 0) is 42.4 Å². The fourth-order valence-electron chi connectivity index (χ4n) is 3.00. The SMILES string of the molecule is O=C(O)C(F)(F)F.c1coc(COCc2ncn3c2CN(Cc2nccs2)CCC3)c1. The number of hydrogen-bond acceptors (Lipinski definition) is 7. The van der Waals surface area contributed by atoms with E-state index in [2.05, 4.69) is 19.4 Å². The molecule has 12 heteroatoms. The average molecular weight is 458 g/mol. The maximum atomic E-state index is 10.6. The molecule has 1 aliphatic rings. The number of thiazole rings is 1. The van der Waals surface area contributed by atoms with E-state index < -0.39 is 12.1 Å². The summed E-state index contributed by atoms with van der Waals surface area (Å²) in [4.78, 5) is 20.3. The van der Waals surface area contributed by atoms with Gasteiger partial charge in [0.05, 0.1) is 37.1 Å². The molecule has 0 spiro atoms. The molecule has 0 fully saturated rings. The first-order valence-electron chi connectivity index (χ1n) is 9.36. The Morgan fingerprint density at radius 2 is 2.10 bits per heavy atom. The molecule has 0 atom stereocenters. The smallest absolute Gasteiger partial charge is 0.475 e. The topological polar surface area (TPSA) is 93.6 Å². The molecule has 0 aliphatic carbocycles. The van der Waals surface area contributed by atoms with Crippen LogP contribution in [0.25, 0.3) is 0 Å². The number of aromatic nitrogens is 3. The molecule has 168 valence electrons. The van der Waals surface area contributed by atoms with Gasteiger partial charge in [-0.25, -0.2) is 14.8 Å². The predicted molar refractivity (Wildman–Crippen MR) is 104 cm³/mol. The third kappa shape index (κ3) is 6.91. The number of aryl methyl sites for hydroxylation is 1. The van der Waals surface area contributed by atoms with Crippen molar-refractivity contribution in [2.24, 2.45) is 0 Å². The van der Waals surface area contributed by atoms with Gasteiger partial charge in [0.1, 0.15) is 17.4 Å². The maximum Gasteiger partial charge on any atom is 0.490 e. The molecular weight excluding hydrogens is 437 g/mol. The molecular formula is C19H21F3N4O4S. The minimum atomic E-state index is -5.08. The zero-order valence-electron chi connectivity index (χ0n) is 16.4. The van der Waals surface area contributed by atoms with E-state index in [9.17, 15) is 13.2 Å². The van der Waals surface area contributed by atoms with Crippen LogP contribution < -0.4 is 0 Å². The summed E-state index contributed by atoms with van der Waals surface area (Å²) in [7, 11) is 0. The average Bonchev–Trinajstić information content (AvgIpc) is 3.45. The molecule has 8 nitrogen and oxygen atoms in total. The zero-order chi connectivity index (χ0) is 22.3. The van der Waals surface area contributed by atoms with Crippen molar-refractivity contribution in [3.8, 4) is 0 Å². The van der Waals surface area contributed by atoms with Crippen LogP contribution in [0.1, 0.15) is 28.6 Å². The van der Waals surface area contributed by atoms with Gasteiger partial charge in [-0.05, 0) is 18.6 Å². The standard InChI is InChI=1S/C17H20N4O2S.C2HF3O2/c1-3-14(23-7-1)11-22-12-15-16-9-20(10-17-18-4-8-24-17)5-2-6-21(16)13-19-15;3-2(4,5)1(6)7/h1,3-4,7-8,13H,2,5-6,9-12H2;(H,6,7). The van der Waals surface area contributed by atoms with E-state index in [-0.39, 0.29) is 0 Å². The van der Waals surface area contributed by atoms with Crippen LogP contribution >= 0.6 is 11.3 Å². The van der Waals surface area contributed by atoms with E-state index in [0.29, 0.717) is 13.2 Å². The number of imidazole rings is 1. The summed E-state index contributed by atoms with van der Waals surface area (Å²) < 4.78 is 45.1. The Hall–Kier alpha value is -2.70. The Bertz CT molecular complexity index is 942. The highest BCUT2D eigenvalue weighted by Crippen LogP contribution is 2.20. The van der Waals surface area contributed by atoms with Crippen LogP contribution in [0.5, 0.6) is 0 Å². The Kier molecular flexibility index (Phi) is 7.82. The highest BCUT2D eigenvalue weighted by molar-refractivity contribution is 7.09. The number of alkyl halides is 3. The minimum absolute atomic E-state index is 0.474. The first-order valence-corrected chi connectivity index (χ1v) is 10.2. The molecule has 0 saturated carbocycles. The first-order chi connectivity index (χ1) is 14.8. The minimum Gasteiger partial charge on any atom is -0.475 e. The molecule has 0 aromatic carbocycles. The number of aliphatic carboxylic acids is 1. The van der Waals surface area contributed by atoms with Crippen molar-refractivity contribution in [2.75, 3.05) is 6.54 Å². The molecule has 0 radical (unpaired) electrons. The predicted octanol–water partition coefficient (Wildman–Crippen LogP) is 3.69. The second-order valence-electron chi connectivity index (χ2n) is 6.70. The quantitative estimate of drug-likeness (QED) is 0.602. The number of halogens is 3. The number of rotatable bonds is 6. The molecule has 3 aromatic rings. The summed E-state index contributed by atoms with van der Waals surface area (Å²) in [6.45, 7) is 4.85. The Morgan fingerprint density at radius 3 is 2.74 bits per heavy atom. The lowest BCUT2D eigenvalue weighted by molar-refractivity contribution is -0.192. The molecule has 4 heterocycles. The van der Waals surface area contributed by atoms with Crippen molar-refractivity contribution < 1.29 is 32.2 Å². The lowest BCUT2D eigenvalue weighted by atomic mass is 10.3.